The van der Waals surface area contributed by atoms with Gasteiger partial charge in [-0.2, -0.15) is 0 Å². The molecule has 26 heavy (non-hydrogen) atoms. The van der Waals surface area contributed by atoms with Crippen LogP contribution in [-0.2, 0) is 11.3 Å². The third kappa shape index (κ3) is 3.49. The minimum atomic E-state index is -0.483. The second-order valence-corrected chi connectivity index (χ2v) is 5.89. The number of pyridine rings is 1. The molecule has 2 amide bonds. The molecule has 6 nitrogen and oxygen atoms in total. The molecule has 6 heteroatoms. The van der Waals surface area contributed by atoms with E-state index in [0.29, 0.717) is 23.3 Å². The summed E-state index contributed by atoms with van der Waals surface area (Å²) in [7, 11) is 0. The van der Waals surface area contributed by atoms with Crippen molar-refractivity contribution >= 4 is 34.1 Å². The van der Waals surface area contributed by atoms with Gasteiger partial charge in [-0.3, -0.25) is 14.4 Å². The monoisotopic (exact) mass is 349 g/mol. The maximum atomic E-state index is 12.7. The molecule has 0 unspecified atom stereocenters. The second kappa shape index (κ2) is 7.23. The van der Waals surface area contributed by atoms with Crippen molar-refractivity contribution in [2.75, 3.05) is 10.6 Å². The van der Waals surface area contributed by atoms with Gasteiger partial charge in [-0.1, -0.05) is 18.2 Å². The van der Waals surface area contributed by atoms with E-state index in [4.69, 9.17) is 0 Å². The summed E-state index contributed by atoms with van der Waals surface area (Å²) in [5.74, 6) is -0.684. The van der Waals surface area contributed by atoms with Crippen molar-refractivity contribution in [2.24, 2.45) is 0 Å². The normalized spacial score (nSPS) is 10.5. The van der Waals surface area contributed by atoms with E-state index in [1.54, 1.807) is 42.6 Å². The lowest BCUT2D eigenvalue weighted by molar-refractivity contribution is -0.114. The number of aryl methyl sites for hydroxylation is 1. The summed E-state index contributed by atoms with van der Waals surface area (Å²) in [6.07, 6.45) is 1.58. The first-order valence-electron chi connectivity index (χ1n) is 8.30. The standard InChI is InChI=1S/C20H19N3O3/c1-3-23-12-17(19(25)16-9-4-5-10-18(16)23)20(26)22-15-8-6-7-14(11-15)21-13(2)24/h4-12H,3H2,1-2H3,(H,21,24)(H,22,26). The van der Waals surface area contributed by atoms with Gasteiger partial charge in [0.05, 0.1) is 5.52 Å². The van der Waals surface area contributed by atoms with Crippen molar-refractivity contribution in [2.45, 2.75) is 20.4 Å². The smallest absolute Gasteiger partial charge is 0.261 e. The third-order valence-electron chi connectivity index (χ3n) is 4.01. The molecule has 0 atom stereocenters. The predicted molar refractivity (Wildman–Crippen MR) is 103 cm³/mol. The first-order chi connectivity index (χ1) is 12.5. The number of carbonyl (C=O) groups excluding carboxylic acids is 2. The highest BCUT2D eigenvalue weighted by Gasteiger charge is 2.15. The number of hydrogen-bond acceptors (Lipinski definition) is 3. The topological polar surface area (TPSA) is 80.2 Å². The SMILES string of the molecule is CCn1cc(C(=O)Nc2cccc(NC(C)=O)c2)c(=O)c2ccccc21. The van der Waals surface area contributed by atoms with Crippen LogP contribution in [0.15, 0.2) is 59.5 Å². The number of nitrogens with one attached hydrogen (secondary N) is 2. The maximum Gasteiger partial charge on any atom is 0.261 e. The van der Waals surface area contributed by atoms with Gasteiger partial charge >= 0.3 is 0 Å². The van der Waals surface area contributed by atoms with Gasteiger partial charge < -0.3 is 15.2 Å². The number of nitrogens with zero attached hydrogens (tertiary/aromatic N) is 1. The van der Waals surface area contributed by atoms with Gasteiger partial charge in [0.25, 0.3) is 5.91 Å². The Morgan fingerprint density at radius 3 is 2.38 bits per heavy atom. The van der Waals surface area contributed by atoms with Gasteiger partial charge in [-0.05, 0) is 37.3 Å². The Morgan fingerprint density at radius 2 is 1.69 bits per heavy atom. The fourth-order valence-corrected chi connectivity index (χ4v) is 2.84. The Balaban J connectivity index is 1.97. The van der Waals surface area contributed by atoms with E-state index < -0.39 is 5.91 Å². The molecule has 2 N–H and O–H groups in total. The molecule has 132 valence electrons. The van der Waals surface area contributed by atoms with Crippen molar-refractivity contribution in [1.29, 1.82) is 0 Å². The number of benzene rings is 2. The van der Waals surface area contributed by atoms with Gasteiger partial charge in [0.15, 0.2) is 0 Å². The Hall–Kier alpha value is -3.41. The zero-order valence-corrected chi connectivity index (χ0v) is 14.6. The molecule has 0 aliphatic carbocycles. The molecule has 0 saturated heterocycles. The summed E-state index contributed by atoms with van der Waals surface area (Å²) in [5, 5.41) is 5.89. The number of anilines is 2. The summed E-state index contributed by atoms with van der Waals surface area (Å²) < 4.78 is 1.87. The summed E-state index contributed by atoms with van der Waals surface area (Å²) in [4.78, 5) is 36.5. The molecular formula is C20H19N3O3. The molecule has 1 aromatic heterocycles. The Kier molecular flexibility index (Phi) is 4.84. The molecule has 1 heterocycles. The van der Waals surface area contributed by atoms with Crippen LogP contribution in [-0.4, -0.2) is 16.4 Å². The van der Waals surface area contributed by atoms with Crippen LogP contribution in [0.3, 0.4) is 0 Å². The third-order valence-corrected chi connectivity index (χ3v) is 4.01. The number of carbonyl (C=O) groups is 2. The van der Waals surface area contributed by atoms with E-state index in [0.717, 1.165) is 5.52 Å². The molecular weight excluding hydrogens is 330 g/mol. The van der Waals surface area contributed by atoms with Crippen molar-refractivity contribution in [1.82, 2.24) is 4.57 Å². The Labute approximate surface area is 150 Å². The lowest BCUT2D eigenvalue weighted by Crippen LogP contribution is -2.23. The lowest BCUT2D eigenvalue weighted by Gasteiger charge is -2.12. The summed E-state index contributed by atoms with van der Waals surface area (Å²) in [6.45, 7) is 4.00. The van der Waals surface area contributed by atoms with Crippen molar-refractivity contribution in [3.63, 3.8) is 0 Å². The summed E-state index contributed by atoms with van der Waals surface area (Å²) in [6, 6.07) is 14.0. The van der Waals surface area contributed by atoms with Gasteiger partial charge in [0, 0.05) is 36.4 Å². The number of fused-ring (bicyclic) bond motifs is 1. The van der Waals surface area contributed by atoms with Crippen molar-refractivity contribution in [3.8, 4) is 0 Å². The van der Waals surface area contributed by atoms with Crippen LogP contribution >= 0.6 is 0 Å². The lowest BCUT2D eigenvalue weighted by atomic mass is 10.1. The average molecular weight is 349 g/mol. The molecule has 3 aromatic rings. The molecule has 0 aliphatic heterocycles. The molecule has 0 aliphatic rings. The number of rotatable bonds is 4. The Bertz CT molecular complexity index is 1050. The van der Waals surface area contributed by atoms with E-state index in [2.05, 4.69) is 10.6 Å². The average Bonchev–Trinajstić information content (AvgIpc) is 2.62. The van der Waals surface area contributed by atoms with Crippen LogP contribution in [0, 0.1) is 0 Å². The molecule has 2 aromatic carbocycles. The fourth-order valence-electron chi connectivity index (χ4n) is 2.84. The van der Waals surface area contributed by atoms with Gasteiger partial charge in [0.1, 0.15) is 5.56 Å². The van der Waals surface area contributed by atoms with Gasteiger partial charge in [0.2, 0.25) is 11.3 Å². The maximum absolute atomic E-state index is 12.7. The quantitative estimate of drug-likeness (QED) is 0.759. The largest absolute Gasteiger partial charge is 0.347 e. The minimum absolute atomic E-state index is 0.0791. The van der Waals surface area contributed by atoms with E-state index in [1.807, 2.05) is 23.6 Å². The minimum Gasteiger partial charge on any atom is -0.347 e. The summed E-state index contributed by atoms with van der Waals surface area (Å²) >= 11 is 0. The van der Waals surface area contributed by atoms with Gasteiger partial charge in [-0.25, -0.2) is 0 Å². The van der Waals surface area contributed by atoms with Crippen LogP contribution in [0.2, 0.25) is 0 Å². The highest BCUT2D eigenvalue weighted by Crippen LogP contribution is 2.17. The molecule has 0 fully saturated rings. The zero-order chi connectivity index (χ0) is 18.7. The molecule has 0 radical (unpaired) electrons. The van der Waals surface area contributed by atoms with Gasteiger partial charge in [-0.15, -0.1) is 0 Å². The molecule has 0 saturated carbocycles. The highest BCUT2D eigenvalue weighted by molar-refractivity contribution is 6.06. The number of amides is 2. The first-order valence-corrected chi connectivity index (χ1v) is 8.30. The van der Waals surface area contributed by atoms with Crippen LogP contribution in [0.5, 0.6) is 0 Å². The molecule has 0 bridgehead atoms. The number of aromatic nitrogens is 1. The number of para-hydroxylation sites is 1. The highest BCUT2D eigenvalue weighted by atomic mass is 16.2. The fraction of sp³-hybridized carbons (Fsp3) is 0.150. The number of hydrogen-bond donors (Lipinski definition) is 2. The van der Waals surface area contributed by atoms with E-state index in [1.165, 1.54) is 6.92 Å². The molecule has 0 spiro atoms. The van der Waals surface area contributed by atoms with Crippen LogP contribution in [0.4, 0.5) is 11.4 Å². The van der Waals surface area contributed by atoms with Crippen LogP contribution < -0.4 is 16.1 Å². The predicted octanol–water partition coefficient (Wildman–Crippen LogP) is 3.23. The molecule has 3 rings (SSSR count). The van der Waals surface area contributed by atoms with Crippen molar-refractivity contribution < 1.29 is 9.59 Å². The van der Waals surface area contributed by atoms with E-state index in [9.17, 15) is 14.4 Å². The van der Waals surface area contributed by atoms with Crippen LogP contribution in [0.1, 0.15) is 24.2 Å². The second-order valence-electron chi connectivity index (χ2n) is 5.89. The zero-order valence-electron chi connectivity index (χ0n) is 14.6. The summed E-state index contributed by atoms with van der Waals surface area (Å²) in [5.41, 5.74) is 1.64. The van der Waals surface area contributed by atoms with Crippen molar-refractivity contribution in [3.05, 3.63) is 70.5 Å². The van der Waals surface area contributed by atoms with Crippen LogP contribution in [0.25, 0.3) is 10.9 Å². The first kappa shape index (κ1) is 17.4. The Morgan fingerprint density at radius 1 is 1.00 bits per heavy atom. The van der Waals surface area contributed by atoms with E-state index >= 15 is 0 Å². The van der Waals surface area contributed by atoms with E-state index in [-0.39, 0.29) is 16.9 Å².